The second-order valence-electron chi connectivity index (χ2n) is 9.45. The molecule has 1 unspecified atom stereocenters. The molecule has 4 aromatic carbocycles. The van der Waals surface area contributed by atoms with Crippen molar-refractivity contribution < 1.29 is 28.6 Å². The van der Waals surface area contributed by atoms with Crippen LogP contribution in [0.15, 0.2) is 108 Å². The lowest BCUT2D eigenvalue weighted by molar-refractivity contribution is -0.115. The molecule has 4 aromatic rings. The highest BCUT2D eigenvalue weighted by molar-refractivity contribution is 8.00. The van der Waals surface area contributed by atoms with Crippen molar-refractivity contribution in [1.82, 2.24) is 5.32 Å². The second-order valence-corrected chi connectivity index (χ2v) is 10.9. The quantitative estimate of drug-likeness (QED) is 0.128. The average Bonchev–Trinajstić information content (AvgIpc) is 3.06. The number of amides is 3. The summed E-state index contributed by atoms with van der Waals surface area (Å²) in [5.41, 5.74) is 2.26. The standard InChI is InChI=1S/C34H33N3O6S/c1-22(32(38)36-29-19-16-27(42-3)21-31(29)43-4)44-28-17-12-25(13-18-28)35-34(40)30(20-23-10-14-26(41-2)15-11-23)37-33(39)24-8-6-5-7-9-24/h5-22H,1-4H3,(H,35,40)(H,36,38)(H,37,39)/b30-20-. The molecule has 3 amide bonds. The molecule has 0 aromatic heterocycles. The molecule has 4 rings (SSSR count). The van der Waals surface area contributed by atoms with E-state index < -0.39 is 17.1 Å². The van der Waals surface area contributed by atoms with Crippen LogP contribution in [0.25, 0.3) is 6.08 Å². The summed E-state index contributed by atoms with van der Waals surface area (Å²) >= 11 is 1.37. The molecule has 0 saturated heterocycles. The lowest BCUT2D eigenvalue weighted by Gasteiger charge is -2.15. The summed E-state index contributed by atoms with van der Waals surface area (Å²) in [4.78, 5) is 39.9. The number of ether oxygens (including phenoxy) is 3. The maximum absolute atomic E-state index is 13.3. The fourth-order valence-corrected chi connectivity index (χ4v) is 4.89. The summed E-state index contributed by atoms with van der Waals surface area (Å²) in [5, 5.41) is 8.04. The SMILES string of the molecule is COc1ccc(/C=C(\NC(=O)c2ccccc2)C(=O)Nc2ccc(SC(C)C(=O)Nc3ccc(OC)cc3OC)cc2)cc1. The summed E-state index contributed by atoms with van der Waals surface area (Å²) in [5.74, 6) is 0.690. The van der Waals surface area contributed by atoms with E-state index in [0.717, 1.165) is 4.90 Å². The Morgan fingerprint density at radius 2 is 1.41 bits per heavy atom. The smallest absolute Gasteiger partial charge is 0.272 e. The second kappa shape index (κ2) is 15.3. The summed E-state index contributed by atoms with van der Waals surface area (Å²) in [7, 11) is 4.66. The lowest BCUT2D eigenvalue weighted by Crippen LogP contribution is -2.30. The van der Waals surface area contributed by atoms with E-state index in [1.165, 1.54) is 18.9 Å². The first-order chi connectivity index (χ1) is 21.3. The molecule has 226 valence electrons. The van der Waals surface area contributed by atoms with Crippen LogP contribution in [0.3, 0.4) is 0 Å². The van der Waals surface area contributed by atoms with Crippen LogP contribution in [0.4, 0.5) is 11.4 Å². The summed E-state index contributed by atoms with van der Waals surface area (Å²) < 4.78 is 15.8. The number of anilines is 2. The minimum Gasteiger partial charge on any atom is -0.497 e. The number of carbonyl (C=O) groups excluding carboxylic acids is 3. The predicted molar refractivity (Wildman–Crippen MR) is 173 cm³/mol. The van der Waals surface area contributed by atoms with E-state index in [9.17, 15) is 14.4 Å². The van der Waals surface area contributed by atoms with Crippen LogP contribution in [-0.4, -0.2) is 44.3 Å². The van der Waals surface area contributed by atoms with Gasteiger partial charge < -0.3 is 30.2 Å². The number of hydrogen-bond acceptors (Lipinski definition) is 7. The molecule has 0 spiro atoms. The van der Waals surface area contributed by atoms with Crippen molar-refractivity contribution in [2.24, 2.45) is 0 Å². The van der Waals surface area contributed by atoms with E-state index in [0.29, 0.717) is 39.8 Å². The number of methoxy groups -OCH3 is 3. The molecule has 0 heterocycles. The van der Waals surface area contributed by atoms with Gasteiger partial charge in [0, 0.05) is 22.2 Å². The van der Waals surface area contributed by atoms with Crippen LogP contribution in [0.2, 0.25) is 0 Å². The molecule has 0 fully saturated rings. The van der Waals surface area contributed by atoms with Gasteiger partial charge in [-0.2, -0.15) is 0 Å². The van der Waals surface area contributed by atoms with Crippen molar-refractivity contribution in [3.63, 3.8) is 0 Å². The molecule has 9 nitrogen and oxygen atoms in total. The Kier molecular flexibility index (Phi) is 11.0. The van der Waals surface area contributed by atoms with Crippen molar-refractivity contribution in [3.05, 3.63) is 114 Å². The summed E-state index contributed by atoms with van der Waals surface area (Å²) in [6, 6.07) is 28.0. The highest BCUT2D eigenvalue weighted by Gasteiger charge is 2.18. The van der Waals surface area contributed by atoms with Crippen LogP contribution in [-0.2, 0) is 9.59 Å². The van der Waals surface area contributed by atoms with E-state index in [1.54, 1.807) is 106 Å². The molecular weight excluding hydrogens is 578 g/mol. The van der Waals surface area contributed by atoms with E-state index in [4.69, 9.17) is 14.2 Å². The molecule has 3 N–H and O–H groups in total. The van der Waals surface area contributed by atoms with E-state index in [2.05, 4.69) is 16.0 Å². The van der Waals surface area contributed by atoms with Crippen molar-refractivity contribution in [3.8, 4) is 17.2 Å². The maximum Gasteiger partial charge on any atom is 0.272 e. The monoisotopic (exact) mass is 611 g/mol. The normalized spacial score (nSPS) is 11.6. The van der Waals surface area contributed by atoms with Gasteiger partial charge >= 0.3 is 0 Å². The van der Waals surface area contributed by atoms with Crippen molar-refractivity contribution >= 4 is 46.9 Å². The third kappa shape index (κ3) is 8.65. The van der Waals surface area contributed by atoms with E-state index in [-0.39, 0.29) is 11.6 Å². The largest absolute Gasteiger partial charge is 0.497 e. The Morgan fingerprint density at radius 3 is 2.05 bits per heavy atom. The zero-order valence-electron chi connectivity index (χ0n) is 24.8. The Labute approximate surface area is 260 Å². The number of benzene rings is 4. The molecule has 1 atom stereocenters. The fraction of sp³-hybridized carbons (Fsp3) is 0.147. The predicted octanol–water partition coefficient (Wildman–Crippen LogP) is 6.24. The van der Waals surface area contributed by atoms with E-state index in [1.807, 2.05) is 18.2 Å². The molecule has 0 aliphatic carbocycles. The summed E-state index contributed by atoms with van der Waals surface area (Å²) in [6.45, 7) is 1.80. The van der Waals surface area contributed by atoms with Crippen LogP contribution in [0, 0.1) is 0 Å². The number of nitrogens with one attached hydrogen (secondary N) is 3. The zero-order valence-corrected chi connectivity index (χ0v) is 25.6. The first-order valence-electron chi connectivity index (χ1n) is 13.6. The highest BCUT2D eigenvalue weighted by Crippen LogP contribution is 2.31. The zero-order chi connectivity index (χ0) is 31.5. The van der Waals surface area contributed by atoms with Crippen LogP contribution < -0.4 is 30.2 Å². The van der Waals surface area contributed by atoms with Gasteiger partial charge in [0.2, 0.25) is 5.91 Å². The Bertz CT molecular complexity index is 1620. The van der Waals surface area contributed by atoms with Crippen LogP contribution >= 0.6 is 11.8 Å². The van der Waals surface area contributed by atoms with Crippen molar-refractivity contribution in [1.29, 1.82) is 0 Å². The van der Waals surface area contributed by atoms with Gasteiger partial charge in [-0.25, -0.2) is 0 Å². The first-order valence-corrected chi connectivity index (χ1v) is 14.5. The molecule has 0 aliphatic rings. The molecule has 10 heteroatoms. The molecule has 0 aliphatic heterocycles. The minimum atomic E-state index is -0.494. The number of carbonyl (C=O) groups is 3. The first kappa shape index (κ1) is 31.7. The maximum atomic E-state index is 13.3. The average molecular weight is 612 g/mol. The van der Waals surface area contributed by atoms with Gasteiger partial charge in [0.05, 0.1) is 32.3 Å². The highest BCUT2D eigenvalue weighted by atomic mass is 32.2. The Hall–Kier alpha value is -5.22. The Balaban J connectivity index is 1.43. The topological polar surface area (TPSA) is 115 Å². The van der Waals surface area contributed by atoms with E-state index >= 15 is 0 Å². The number of hydrogen-bond donors (Lipinski definition) is 3. The Morgan fingerprint density at radius 1 is 0.750 bits per heavy atom. The van der Waals surface area contributed by atoms with Crippen LogP contribution in [0.5, 0.6) is 17.2 Å². The molecule has 0 radical (unpaired) electrons. The van der Waals surface area contributed by atoms with Crippen molar-refractivity contribution in [2.75, 3.05) is 32.0 Å². The molecule has 44 heavy (non-hydrogen) atoms. The third-order valence-corrected chi connectivity index (χ3v) is 7.53. The summed E-state index contributed by atoms with van der Waals surface area (Å²) in [6.07, 6.45) is 1.60. The van der Waals surface area contributed by atoms with Crippen molar-refractivity contribution in [2.45, 2.75) is 17.1 Å². The van der Waals surface area contributed by atoms with Gasteiger partial charge in [-0.05, 0) is 79.2 Å². The van der Waals surface area contributed by atoms with Gasteiger partial charge in [0.15, 0.2) is 0 Å². The van der Waals surface area contributed by atoms with Gasteiger partial charge in [0.1, 0.15) is 22.9 Å². The molecule has 0 bridgehead atoms. The number of rotatable bonds is 12. The molecule has 0 saturated carbocycles. The van der Waals surface area contributed by atoms with Gasteiger partial charge in [-0.15, -0.1) is 11.8 Å². The molecular formula is C34H33N3O6S. The lowest BCUT2D eigenvalue weighted by atomic mass is 10.1. The van der Waals surface area contributed by atoms with Crippen LogP contribution in [0.1, 0.15) is 22.8 Å². The number of thioether (sulfide) groups is 1. The van der Waals surface area contributed by atoms with Gasteiger partial charge in [-0.1, -0.05) is 30.3 Å². The third-order valence-electron chi connectivity index (χ3n) is 6.42. The fourth-order valence-electron chi connectivity index (χ4n) is 4.02. The van der Waals surface area contributed by atoms with Gasteiger partial charge in [-0.3, -0.25) is 14.4 Å². The van der Waals surface area contributed by atoms with Gasteiger partial charge in [0.25, 0.3) is 11.8 Å². The minimum absolute atomic E-state index is 0.0710.